The third-order valence-corrected chi connectivity index (χ3v) is 3.32. The number of pyridine rings is 1. The van der Waals surface area contributed by atoms with E-state index in [0.717, 1.165) is 6.20 Å². The fourth-order valence-corrected chi connectivity index (χ4v) is 2.37. The normalized spacial score (nSPS) is 11.8. The summed E-state index contributed by atoms with van der Waals surface area (Å²) in [4.78, 5) is 25.5. The van der Waals surface area contributed by atoms with E-state index in [9.17, 15) is 22.8 Å². The average Bonchev–Trinajstić information content (AvgIpc) is 2.92. The number of hydrogen-bond donors (Lipinski definition) is 2. The third-order valence-electron chi connectivity index (χ3n) is 3.32. The third kappa shape index (κ3) is 2.35. The summed E-state index contributed by atoms with van der Waals surface area (Å²) in [7, 11) is 0. The molecule has 9 heteroatoms. The molecule has 3 N–H and O–H groups in total. The first-order valence-corrected chi connectivity index (χ1v) is 6.36. The molecule has 2 aromatic heterocycles. The lowest BCUT2D eigenvalue weighted by Crippen LogP contribution is -2.21. The van der Waals surface area contributed by atoms with Gasteiger partial charge in [-0.05, 0) is 18.2 Å². The molecule has 6 nitrogen and oxygen atoms in total. The highest BCUT2D eigenvalue weighted by Gasteiger charge is 2.40. The summed E-state index contributed by atoms with van der Waals surface area (Å²) in [6.07, 6.45) is -2.76. The van der Waals surface area contributed by atoms with Crippen LogP contribution in [0.3, 0.4) is 0 Å². The van der Waals surface area contributed by atoms with Gasteiger partial charge in [0.05, 0.1) is 17.4 Å². The molecular formula is C14H9F3N4O2. The number of benzene rings is 1. The maximum Gasteiger partial charge on any atom is 0.434 e. The number of hydrogen-bond acceptors (Lipinski definition) is 3. The second-order valence-electron chi connectivity index (χ2n) is 4.73. The van der Waals surface area contributed by atoms with Crippen LogP contribution in [0, 0.1) is 0 Å². The number of aromatic nitrogens is 3. The molecule has 1 aromatic carbocycles. The number of amides is 1. The van der Waals surface area contributed by atoms with Gasteiger partial charge in [-0.25, -0.2) is 4.68 Å². The lowest BCUT2D eigenvalue weighted by atomic mass is 10.1. The zero-order valence-electron chi connectivity index (χ0n) is 11.4. The zero-order chi connectivity index (χ0) is 16.8. The SMILES string of the molecule is NC(=O)c1cnn(-c2cccc3c(=O)[nH]ccc23)c1C(F)(F)F. The van der Waals surface area contributed by atoms with E-state index in [0.29, 0.717) is 4.68 Å². The first-order valence-electron chi connectivity index (χ1n) is 6.36. The minimum absolute atomic E-state index is 0.0217. The molecule has 0 bridgehead atoms. The first-order chi connectivity index (χ1) is 10.8. The molecule has 2 heterocycles. The highest BCUT2D eigenvalue weighted by Crippen LogP contribution is 2.34. The minimum Gasteiger partial charge on any atom is -0.365 e. The van der Waals surface area contributed by atoms with Crippen LogP contribution < -0.4 is 11.3 Å². The summed E-state index contributed by atoms with van der Waals surface area (Å²) in [5, 5.41) is 4.11. The molecule has 3 rings (SSSR count). The number of H-pyrrole nitrogens is 1. The zero-order valence-corrected chi connectivity index (χ0v) is 11.4. The van der Waals surface area contributed by atoms with Crippen molar-refractivity contribution in [3.05, 3.63) is 58.3 Å². The molecule has 23 heavy (non-hydrogen) atoms. The summed E-state index contributed by atoms with van der Waals surface area (Å²) < 4.78 is 40.6. The predicted molar refractivity (Wildman–Crippen MR) is 75.2 cm³/mol. The topological polar surface area (TPSA) is 93.8 Å². The Balaban J connectivity index is 2.39. The Morgan fingerprint density at radius 3 is 2.61 bits per heavy atom. The highest BCUT2D eigenvalue weighted by atomic mass is 19.4. The van der Waals surface area contributed by atoms with Gasteiger partial charge < -0.3 is 10.7 Å². The van der Waals surface area contributed by atoms with Crippen molar-refractivity contribution >= 4 is 16.7 Å². The number of carbonyl (C=O) groups excluding carboxylic acids is 1. The Labute approximate surface area is 126 Å². The molecule has 0 saturated carbocycles. The van der Waals surface area contributed by atoms with Crippen molar-refractivity contribution in [3.63, 3.8) is 0 Å². The van der Waals surface area contributed by atoms with Crippen LogP contribution in [0.5, 0.6) is 0 Å². The van der Waals surface area contributed by atoms with Gasteiger partial charge in [-0.15, -0.1) is 0 Å². The number of aromatic amines is 1. The predicted octanol–water partition coefficient (Wildman–Crippen LogP) is 1.83. The van der Waals surface area contributed by atoms with Gasteiger partial charge >= 0.3 is 6.18 Å². The standard InChI is InChI=1S/C14H9F3N4O2/c15-14(16,17)11-9(12(18)22)6-20-21(11)10-3-1-2-8-7(10)4-5-19-13(8)23/h1-6H,(H2,18,22)(H,19,23). The number of rotatable bonds is 2. The van der Waals surface area contributed by atoms with Crippen LogP contribution in [0.4, 0.5) is 13.2 Å². The Morgan fingerprint density at radius 2 is 1.96 bits per heavy atom. The number of alkyl halides is 3. The molecule has 3 aromatic rings. The average molecular weight is 322 g/mol. The summed E-state index contributed by atoms with van der Waals surface area (Å²) in [6, 6.07) is 5.73. The van der Waals surface area contributed by atoms with Crippen LogP contribution in [-0.4, -0.2) is 20.7 Å². The van der Waals surface area contributed by atoms with Gasteiger partial charge in [-0.3, -0.25) is 9.59 Å². The number of halogens is 3. The van der Waals surface area contributed by atoms with Crippen molar-refractivity contribution < 1.29 is 18.0 Å². The summed E-state index contributed by atoms with van der Waals surface area (Å²) in [6.45, 7) is 0. The number of nitrogens with zero attached hydrogens (tertiary/aromatic N) is 2. The highest BCUT2D eigenvalue weighted by molar-refractivity contribution is 5.95. The van der Waals surface area contributed by atoms with Crippen molar-refractivity contribution in [2.75, 3.05) is 0 Å². The minimum atomic E-state index is -4.84. The van der Waals surface area contributed by atoms with Crippen LogP contribution in [-0.2, 0) is 6.18 Å². The van der Waals surface area contributed by atoms with E-state index in [2.05, 4.69) is 10.1 Å². The molecule has 1 amide bonds. The lowest BCUT2D eigenvalue weighted by molar-refractivity contribution is -0.143. The number of fused-ring (bicyclic) bond motifs is 1. The fourth-order valence-electron chi connectivity index (χ4n) is 2.37. The molecule has 118 valence electrons. The van der Waals surface area contributed by atoms with Crippen LogP contribution in [0.15, 0.2) is 41.5 Å². The van der Waals surface area contributed by atoms with E-state index in [1.54, 1.807) is 0 Å². The Bertz CT molecular complexity index is 972. The number of primary amides is 1. The smallest absolute Gasteiger partial charge is 0.365 e. The Kier molecular flexibility index (Phi) is 3.20. The number of nitrogens with two attached hydrogens (primary N) is 1. The van der Waals surface area contributed by atoms with Gasteiger partial charge in [0, 0.05) is 17.0 Å². The van der Waals surface area contributed by atoms with Crippen LogP contribution in [0.2, 0.25) is 0 Å². The maximum atomic E-state index is 13.3. The molecule has 0 atom stereocenters. The second-order valence-corrected chi connectivity index (χ2v) is 4.73. The fraction of sp³-hybridized carbons (Fsp3) is 0.0714. The van der Waals surface area contributed by atoms with E-state index in [4.69, 9.17) is 5.73 Å². The molecule has 0 aliphatic carbocycles. The molecule has 0 unspecified atom stereocenters. The number of carbonyl (C=O) groups is 1. The van der Waals surface area contributed by atoms with Crippen molar-refractivity contribution in [1.82, 2.24) is 14.8 Å². The van der Waals surface area contributed by atoms with Crippen molar-refractivity contribution in [2.24, 2.45) is 5.73 Å². The number of nitrogens with one attached hydrogen (secondary N) is 1. The van der Waals surface area contributed by atoms with E-state index in [1.165, 1.54) is 30.5 Å². The summed E-state index contributed by atoms with van der Waals surface area (Å²) in [5.41, 5.74) is 2.55. The van der Waals surface area contributed by atoms with Crippen molar-refractivity contribution in [3.8, 4) is 5.69 Å². The van der Waals surface area contributed by atoms with E-state index in [-0.39, 0.29) is 16.5 Å². The Morgan fingerprint density at radius 1 is 1.22 bits per heavy atom. The van der Waals surface area contributed by atoms with Crippen LogP contribution in [0.1, 0.15) is 16.1 Å². The summed E-state index contributed by atoms with van der Waals surface area (Å²) in [5.74, 6) is -1.23. The van der Waals surface area contributed by atoms with Gasteiger partial charge in [0.15, 0.2) is 5.69 Å². The van der Waals surface area contributed by atoms with E-state index in [1.807, 2.05) is 0 Å². The van der Waals surface area contributed by atoms with Gasteiger partial charge in [0.2, 0.25) is 0 Å². The molecule has 0 aliphatic rings. The molecular weight excluding hydrogens is 313 g/mol. The second kappa shape index (κ2) is 4.97. The molecule has 0 aliphatic heterocycles. The van der Waals surface area contributed by atoms with Crippen molar-refractivity contribution in [1.29, 1.82) is 0 Å². The van der Waals surface area contributed by atoms with Gasteiger partial charge in [-0.1, -0.05) is 6.07 Å². The molecule has 0 spiro atoms. The maximum absolute atomic E-state index is 13.3. The van der Waals surface area contributed by atoms with E-state index < -0.39 is 28.9 Å². The summed E-state index contributed by atoms with van der Waals surface area (Å²) >= 11 is 0. The van der Waals surface area contributed by atoms with E-state index >= 15 is 0 Å². The largest absolute Gasteiger partial charge is 0.434 e. The first kappa shape index (κ1) is 14.8. The molecule has 0 saturated heterocycles. The molecule has 0 fully saturated rings. The van der Waals surface area contributed by atoms with Crippen molar-refractivity contribution in [2.45, 2.75) is 6.18 Å². The van der Waals surface area contributed by atoms with Gasteiger partial charge in [-0.2, -0.15) is 18.3 Å². The van der Waals surface area contributed by atoms with Gasteiger partial charge in [0.1, 0.15) is 0 Å². The lowest BCUT2D eigenvalue weighted by Gasteiger charge is -2.13. The van der Waals surface area contributed by atoms with Crippen LogP contribution in [0.25, 0.3) is 16.5 Å². The van der Waals surface area contributed by atoms with Gasteiger partial charge in [0.25, 0.3) is 11.5 Å². The Hall–Kier alpha value is -3.10. The molecule has 0 radical (unpaired) electrons. The van der Waals surface area contributed by atoms with Crippen LogP contribution >= 0.6 is 0 Å². The monoisotopic (exact) mass is 322 g/mol. The quantitative estimate of drug-likeness (QED) is 0.753.